The van der Waals surface area contributed by atoms with Gasteiger partial charge in [-0.1, -0.05) is 34.7 Å². The molecule has 9 heteroatoms. The number of benzene rings is 1. The number of rotatable bonds is 7. The number of thioether (sulfide) groups is 1. The summed E-state index contributed by atoms with van der Waals surface area (Å²) in [4.78, 5) is 0. The monoisotopic (exact) mass is 373 g/mol. The topological polar surface area (TPSA) is 65.5 Å². The van der Waals surface area contributed by atoms with Crippen molar-refractivity contribution in [3.05, 3.63) is 28.3 Å². The van der Waals surface area contributed by atoms with Crippen LogP contribution >= 0.6 is 34.7 Å². The summed E-state index contributed by atoms with van der Waals surface area (Å²) in [6.07, 6.45) is 0. The lowest BCUT2D eigenvalue weighted by Gasteiger charge is -2.20. The molecule has 0 radical (unpaired) electrons. The third kappa shape index (κ3) is 4.48. The minimum atomic E-state index is 0.276. The molecular weight excluding hydrogens is 358 g/mol. The minimum Gasteiger partial charge on any atom is -0.467 e. The molecule has 0 spiro atoms. The standard InChI is InChI=1S/C14H16ClN3O3S2/c1-19-3-2-16-13-17-18-14(23-13)22-7-10-5-11(15)4-9-6-20-8-21-12(9)10/h4-5H,2-3,6-8H2,1H3,(H,16,17). The maximum atomic E-state index is 6.17. The Morgan fingerprint density at radius 1 is 1.43 bits per heavy atom. The molecule has 2 heterocycles. The first-order valence-corrected chi connectivity index (χ1v) is 9.15. The van der Waals surface area contributed by atoms with Crippen LogP contribution in [0.3, 0.4) is 0 Å². The average Bonchev–Trinajstić information content (AvgIpc) is 3.00. The van der Waals surface area contributed by atoms with Crippen molar-refractivity contribution in [1.82, 2.24) is 10.2 Å². The summed E-state index contributed by atoms with van der Waals surface area (Å²) in [6, 6.07) is 3.81. The Hall–Kier alpha value is -1.06. The molecule has 23 heavy (non-hydrogen) atoms. The predicted octanol–water partition coefficient (Wildman–Crippen LogP) is 3.41. The van der Waals surface area contributed by atoms with E-state index in [1.54, 1.807) is 18.9 Å². The fourth-order valence-corrected chi connectivity index (χ4v) is 4.11. The van der Waals surface area contributed by atoms with Gasteiger partial charge in [-0.2, -0.15) is 0 Å². The maximum Gasteiger partial charge on any atom is 0.206 e. The van der Waals surface area contributed by atoms with Crippen molar-refractivity contribution in [3.8, 4) is 5.75 Å². The summed E-state index contributed by atoms with van der Waals surface area (Å²) >= 11 is 9.30. The van der Waals surface area contributed by atoms with Gasteiger partial charge in [0.2, 0.25) is 5.13 Å². The number of ether oxygens (including phenoxy) is 3. The van der Waals surface area contributed by atoms with Gasteiger partial charge < -0.3 is 19.5 Å². The van der Waals surface area contributed by atoms with Gasteiger partial charge in [0.25, 0.3) is 0 Å². The minimum absolute atomic E-state index is 0.276. The van der Waals surface area contributed by atoms with Crippen LogP contribution in [0.15, 0.2) is 16.5 Å². The van der Waals surface area contributed by atoms with Crippen LogP contribution in [0.25, 0.3) is 0 Å². The molecule has 0 aliphatic carbocycles. The summed E-state index contributed by atoms with van der Waals surface area (Å²) in [5, 5.41) is 12.9. The second-order valence-electron chi connectivity index (χ2n) is 4.75. The number of hydrogen-bond donors (Lipinski definition) is 1. The van der Waals surface area contributed by atoms with E-state index in [2.05, 4.69) is 15.5 Å². The molecule has 0 unspecified atom stereocenters. The van der Waals surface area contributed by atoms with Crippen LogP contribution in [0.1, 0.15) is 11.1 Å². The third-order valence-electron chi connectivity index (χ3n) is 3.09. The lowest BCUT2D eigenvalue weighted by atomic mass is 10.1. The Morgan fingerprint density at radius 2 is 2.35 bits per heavy atom. The molecule has 0 saturated carbocycles. The molecule has 124 valence electrons. The van der Waals surface area contributed by atoms with Gasteiger partial charge in [-0.3, -0.25) is 0 Å². The van der Waals surface area contributed by atoms with Gasteiger partial charge in [-0.05, 0) is 12.1 Å². The van der Waals surface area contributed by atoms with Gasteiger partial charge in [0.05, 0.1) is 13.2 Å². The zero-order valence-electron chi connectivity index (χ0n) is 12.5. The van der Waals surface area contributed by atoms with Crippen molar-refractivity contribution in [3.63, 3.8) is 0 Å². The summed E-state index contributed by atoms with van der Waals surface area (Å²) in [5.41, 5.74) is 2.03. The van der Waals surface area contributed by atoms with Crippen molar-refractivity contribution in [2.24, 2.45) is 0 Å². The van der Waals surface area contributed by atoms with Gasteiger partial charge in [0.1, 0.15) is 5.75 Å². The molecular formula is C14H16ClN3O3S2. The lowest BCUT2D eigenvalue weighted by molar-refractivity contribution is -0.0168. The number of aromatic nitrogens is 2. The number of fused-ring (bicyclic) bond motifs is 1. The first kappa shape index (κ1) is 16.8. The largest absolute Gasteiger partial charge is 0.467 e. The van der Waals surface area contributed by atoms with Crippen molar-refractivity contribution in [1.29, 1.82) is 0 Å². The molecule has 0 saturated heterocycles. The van der Waals surface area contributed by atoms with Gasteiger partial charge in [-0.25, -0.2) is 0 Å². The number of anilines is 1. The summed E-state index contributed by atoms with van der Waals surface area (Å²) in [5.74, 6) is 1.59. The predicted molar refractivity (Wildman–Crippen MR) is 91.6 cm³/mol. The van der Waals surface area contributed by atoms with Gasteiger partial charge in [0, 0.05) is 35.6 Å². The third-order valence-corrected chi connectivity index (χ3v) is 5.37. The highest BCUT2D eigenvalue weighted by Gasteiger charge is 2.17. The smallest absolute Gasteiger partial charge is 0.206 e. The fraction of sp³-hybridized carbons (Fsp3) is 0.429. The van der Waals surface area contributed by atoms with E-state index in [-0.39, 0.29) is 6.79 Å². The Morgan fingerprint density at radius 3 is 3.22 bits per heavy atom. The second-order valence-corrected chi connectivity index (χ2v) is 7.38. The highest BCUT2D eigenvalue weighted by Crippen LogP contribution is 2.36. The molecule has 0 bridgehead atoms. The van der Waals surface area contributed by atoms with Crippen LogP contribution in [0.2, 0.25) is 5.02 Å². The van der Waals surface area contributed by atoms with Crippen molar-refractivity contribution in [2.45, 2.75) is 16.7 Å². The zero-order chi connectivity index (χ0) is 16.1. The van der Waals surface area contributed by atoms with E-state index in [1.165, 1.54) is 11.3 Å². The SMILES string of the molecule is COCCNc1nnc(SCc2cc(Cl)cc3c2OCOC3)s1. The van der Waals surface area contributed by atoms with Crippen LogP contribution in [0, 0.1) is 0 Å². The Kier molecular flexibility index (Phi) is 5.96. The zero-order valence-corrected chi connectivity index (χ0v) is 14.9. The van der Waals surface area contributed by atoms with Crippen LogP contribution in [0.4, 0.5) is 5.13 Å². The molecule has 0 amide bonds. The van der Waals surface area contributed by atoms with Gasteiger partial charge in [0.15, 0.2) is 11.1 Å². The van der Waals surface area contributed by atoms with E-state index < -0.39 is 0 Å². The Labute approximate surface area is 147 Å². The number of halogens is 1. The summed E-state index contributed by atoms with van der Waals surface area (Å²) in [7, 11) is 1.67. The average molecular weight is 374 g/mol. The highest BCUT2D eigenvalue weighted by atomic mass is 35.5. The van der Waals surface area contributed by atoms with E-state index in [0.29, 0.717) is 24.8 Å². The van der Waals surface area contributed by atoms with Crippen molar-refractivity contribution >= 4 is 39.8 Å². The molecule has 6 nitrogen and oxygen atoms in total. The molecule has 1 aromatic carbocycles. The Balaban J connectivity index is 1.63. The summed E-state index contributed by atoms with van der Waals surface area (Å²) in [6.45, 7) is 2.15. The number of hydrogen-bond acceptors (Lipinski definition) is 8. The van der Waals surface area contributed by atoms with Crippen molar-refractivity contribution in [2.75, 3.05) is 32.4 Å². The first-order valence-electron chi connectivity index (χ1n) is 6.97. The lowest BCUT2D eigenvalue weighted by Crippen LogP contribution is -2.12. The Bertz CT molecular complexity index is 669. The number of nitrogens with one attached hydrogen (secondary N) is 1. The van der Waals surface area contributed by atoms with E-state index in [9.17, 15) is 0 Å². The van der Waals surface area contributed by atoms with Gasteiger partial charge in [-0.15, -0.1) is 10.2 Å². The van der Waals surface area contributed by atoms with Crippen LogP contribution in [-0.2, 0) is 21.8 Å². The van der Waals surface area contributed by atoms with E-state index in [4.69, 9.17) is 25.8 Å². The van der Waals surface area contributed by atoms with Gasteiger partial charge >= 0.3 is 0 Å². The molecule has 1 aliphatic heterocycles. The normalized spacial score (nSPS) is 13.5. The fourth-order valence-electron chi connectivity index (χ4n) is 2.10. The van der Waals surface area contributed by atoms with Crippen LogP contribution in [-0.4, -0.2) is 37.3 Å². The van der Waals surface area contributed by atoms with Crippen molar-refractivity contribution < 1.29 is 14.2 Å². The first-order chi connectivity index (χ1) is 11.3. The molecule has 1 N–H and O–H groups in total. The molecule has 0 fully saturated rings. The van der Waals surface area contributed by atoms with E-state index in [1.807, 2.05) is 12.1 Å². The highest BCUT2D eigenvalue weighted by molar-refractivity contribution is 8.00. The maximum absolute atomic E-state index is 6.17. The molecule has 3 rings (SSSR count). The van der Waals surface area contributed by atoms with Crippen LogP contribution in [0.5, 0.6) is 5.75 Å². The van der Waals surface area contributed by atoms with E-state index >= 15 is 0 Å². The molecule has 2 aromatic rings. The summed E-state index contributed by atoms with van der Waals surface area (Å²) < 4.78 is 16.8. The number of nitrogens with zero attached hydrogens (tertiary/aromatic N) is 2. The molecule has 1 aromatic heterocycles. The quantitative estimate of drug-likeness (QED) is 0.589. The van der Waals surface area contributed by atoms with Crippen LogP contribution < -0.4 is 10.1 Å². The number of methoxy groups -OCH3 is 1. The van der Waals surface area contributed by atoms with E-state index in [0.717, 1.165) is 32.1 Å². The molecule has 1 aliphatic rings. The molecule has 0 atom stereocenters. The second kappa shape index (κ2) is 8.16.